The highest BCUT2D eigenvalue weighted by Gasteiger charge is 2.71. The highest BCUT2D eigenvalue weighted by molar-refractivity contribution is 5.88. The minimum atomic E-state index is -2.43. The first-order chi connectivity index (χ1) is 15.9. The molecule has 2 atom stereocenters. The first-order valence-corrected chi connectivity index (χ1v) is 11.1. The minimum absolute atomic E-state index is 0.263. The number of nitrogens with zero attached hydrogens (tertiary/aromatic N) is 5. The molecule has 0 bridgehead atoms. The molecule has 6 rings (SSSR count). The van der Waals surface area contributed by atoms with Crippen molar-refractivity contribution in [2.45, 2.75) is 32.2 Å². The maximum atomic E-state index is 13.5. The fraction of sp³-hybridized carbons (Fsp3) is 0.360. The number of fused-ring (bicyclic) bond motifs is 2. The molecule has 2 unspecified atom stereocenters. The highest BCUT2D eigenvalue weighted by atomic mass is 19.3. The molecule has 33 heavy (non-hydrogen) atoms. The number of alkyl halides is 2. The van der Waals surface area contributed by atoms with Crippen LogP contribution in [-0.4, -0.2) is 38.0 Å². The minimum Gasteiger partial charge on any atom is -0.480 e. The first-order valence-electron chi connectivity index (χ1n) is 11.1. The van der Waals surface area contributed by atoms with Crippen molar-refractivity contribution in [3.63, 3.8) is 0 Å². The maximum absolute atomic E-state index is 13.5. The Morgan fingerprint density at radius 3 is 2.67 bits per heavy atom. The van der Waals surface area contributed by atoms with Gasteiger partial charge in [0.1, 0.15) is 0 Å². The van der Waals surface area contributed by atoms with Crippen molar-refractivity contribution in [1.29, 1.82) is 0 Å². The van der Waals surface area contributed by atoms with Crippen molar-refractivity contribution in [3.05, 3.63) is 54.5 Å². The summed E-state index contributed by atoms with van der Waals surface area (Å²) in [4.78, 5) is 4.81. The van der Waals surface area contributed by atoms with Crippen LogP contribution in [-0.2, 0) is 6.54 Å². The van der Waals surface area contributed by atoms with E-state index >= 15 is 0 Å². The summed E-state index contributed by atoms with van der Waals surface area (Å²) >= 11 is 0. The molecule has 1 aromatic carbocycles. The van der Waals surface area contributed by atoms with E-state index in [1.54, 1.807) is 7.11 Å². The van der Waals surface area contributed by atoms with Gasteiger partial charge in [-0.1, -0.05) is 18.2 Å². The number of hydrogen-bond acceptors (Lipinski definition) is 5. The summed E-state index contributed by atoms with van der Waals surface area (Å²) in [5.41, 5.74) is 5.37. The molecular weight excluding hydrogens is 424 g/mol. The van der Waals surface area contributed by atoms with Gasteiger partial charge in [0.25, 0.3) is 5.92 Å². The topological polar surface area (TPSA) is 65.7 Å². The molecule has 2 saturated carbocycles. The normalized spacial score (nSPS) is 23.0. The summed E-state index contributed by atoms with van der Waals surface area (Å²) in [6, 6.07) is 11.9. The number of ether oxygens (including phenoxy) is 1. The number of halogens is 2. The van der Waals surface area contributed by atoms with E-state index in [2.05, 4.69) is 15.3 Å². The largest absolute Gasteiger partial charge is 0.480 e. The van der Waals surface area contributed by atoms with Gasteiger partial charge in [0.15, 0.2) is 0 Å². The number of aryl methyl sites for hydroxylation is 1. The van der Waals surface area contributed by atoms with Gasteiger partial charge in [-0.25, -0.2) is 8.78 Å². The van der Waals surface area contributed by atoms with E-state index in [4.69, 9.17) is 9.72 Å². The van der Waals surface area contributed by atoms with E-state index in [0.717, 1.165) is 39.0 Å². The van der Waals surface area contributed by atoms with Crippen molar-refractivity contribution >= 4 is 10.9 Å². The zero-order valence-corrected chi connectivity index (χ0v) is 18.4. The molecule has 2 fully saturated rings. The Balaban J connectivity index is 1.30. The quantitative estimate of drug-likeness (QED) is 0.423. The summed E-state index contributed by atoms with van der Waals surface area (Å²) in [6.07, 6.45) is 5.00. The molecule has 4 aromatic rings. The van der Waals surface area contributed by atoms with Crippen molar-refractivity contribution in [2.75, 3.05) is 7.11 Å². The van der Waals surface area contributed by atoms with Gasteiger partial charge >= 0.3 is 0 Å². The Labute approximate surface area is 189 Å². The van der Waals surface area contributed by atoms with Crippen LogP contribution in [0.2, 0.25) is 0 Å². The van der Waals surface area contributed by atoms with Gasteiger partial charge in [-0.2, -0.15) is 5.10 Å². The van der Waals surface area contributed by atoms with Crippen LogP contribution in [0.1, 0.15) is 18.5 Å². The van der Waals surface area contributed by atoms with E-state index in [0.29, 0.717) is 25.3 Å². The Kier molecular flexibility index (Phi) is 4.47. The summed E-state index contributed by atoms with van der Waals surface area (Å²) < 4.78 is 34.1. The number of pyridine rings is 1. The van der Waals surface area contributed by atoms with Crippen LogP contribution in [0.5, 0.6) is 5.88 Å². The maximum Gasteiger partial charge on any atom is 0.254 e. The fourth-order valence-electron chi connectivity index (χ4n) is 5.21. The Morgan fingerprint density at radius 1 is 1.06 bits per heavy atom. The lowest BCUT2D eigenvalue weighted by Crippen LogP contribution is -2.14. The second-order valence-corrected chi connectivity index (χ2v) is 9.19. The molecule has 2 aliphatic carbocycles. The van der Waals surface area contributed by atoms with Crippen LogP contribution < -0.4 is 4.74 Å². The van der Waals surface area contributed by atoms with Crippen molar-refractivity contribution in [3.8, 4) is 28.3 Å². The molecule has 0 radical (unpaired) electrons. The van der Waals surface area contributed by atoms with E-state index < -0.39 is 17.8 Å². The predicted octanol–water partition coefficient (Wildman–Crippen LogP) is 5.16. The summed E-state index contributed by atoms with van der Waals surface area (Å²) in [7, 11) is 1.57. The molecule has 0 aliphatic heterocycles. The van der Waals surface area contributed by atoms with Crippen LogP contribution in [0, 0.1) is 24.7 Å². The van der Waals surface area contributed by atoms with Crippen LogP contribution >= 0.6 is 0 Å². The number of benzene rings is 1. The summed E-state index contributed by atoms with van der Waals surface area (Å²) in [6.45, 7) is 2.63. The molecule has 8 heteroatoms. The van der Waals surface area contributed by atoms with Gasteiger partial charge in [-0.3, -0.25) is 9.67 Å². The number of methoxy groups -OCH3 is 1. The third-order valence-corrected chi connectivity index (χ3v) is 7.01. The third kappa shape index (κ3) is 3.44. The predicted molar refractivity (Wildman–Crippen MR) is 120 cm³/mol. The molecular formula is C25H23F2N5O. The monoisotopic (exact) mass is 447 g/mol. The zero-order chi connectivity index (χ0) is 22.7. The zero-order valence-electron chi connectivity index (χ0n) is 18.4. The molecule has 2 aliphatic rings. The second kappa shape index (κ2) is 7.30. The Bertz CT molecular complexity index is 1350. The third-order valence-electron chi connectivity index (χ3n) is 7.01. The van der Waals surface area contributed by atoms with E-state index in [9.17, 15) is 8.78 Å². The van der Waals surface area contributed by atoms with Gasteiger partial charge in [-0.05, 0) is 37.8 Å². The molecule has 0 N–H and O–H groups in total. The lowest BCUT2D eigenvalue weighted by atomic mass is 10.00. The summed E-state index contributed by atoms with van der Waals surface area (Å²) in [5.74, 6) is -2.52. The van der Waals surface area contributed by atoms with Gasteiger partial charge in [0.05, 0.1) is 24.5 Å². The van der Waals surface area contributed by atoms with Gasteiger partial charge < -0.3 is 4.74 Å². The fourth-order valence-corrected chi connectivity index (χ4v) is 5.21. The molecule has 0 saturated heterocycles. The molecule has 3 heterocycles. The smallest absolute Gasteiger partial charge is 0.254 e. The van der Waals surface area contributed by atoms with Gasteiger partial charge in [0, 0.05) is 58.4 Å². The lowest BCUT2D eigenvalue weighted by Gasteiger charge is -2.14. The Hall–Kier alpha value is -3.42. The van der Waals surface area contributed by atoms with Crippen LogP contribution in [0.4, 0.5) is 8.78 Å². The van der Waals surface area contributed by atoms with Crippen LogP contribution in [0.25, 0.3) is 33.3 Å². The highest BCUT2D eigenvalue weighted by Crippen LogP contribution is 2.65. The number of aromatic nitrogens is 5. The molecule has 168 valence electrons. The average molecular weight is 447 g/mol. The summed E-state index contributed by atoms with van der Waals surface area (Å²) in [5, 5.41) is 13.8. The van der Waals surface area contributed by atoms with Crippen molar-refractivity contribution in [1.82, 2.24) is 25.0 Å². The van der Waals surface area contributed by atoms with E-state index in [-0.39, 0.29) is 5.92 Å². The first kappa shape index (κ1) is 20.2. The standard InChI is InChI=1S/C25H23F2N5O/c1-14-3-6-19(18-11-28-32(13-18)12-15-7-20-21(8-15)25(20,26)27)24(29-14)17-5-4-16-10-23(33-2)31-30-22(16)9-17/h3-6,9-11,13,15,20-21H,7-8,12H2,1-2H3. The molecule has 6 nitrogen and oxygen atoms in total. The number of rotatable bonds is 5. The average Bonchev–Trinajstić information content (AvgIpc) is 3.24. The SMILES string of the molecule is COc1cc2ccc(-c3nc(C)ccc3-c3cnn(CC4CC5C(C4)C5(F)F)c3)cc2nn1. The Morgan fingerprint density at radius 2 is 1.88 bits per heavy atom. The second-order valence-electron chi connectivity index (χ2n) is 9.19. The van der Waals surface area contributed by atoms with Crippen molar-refractivity contribution < 1.29 is 13.5 Å². The van der Waals surface area contributed by atoms with E-state index in [1.807, 2.05) is 60.4 Å². The lowest BCUT2D eigenvalue weighted by molar-refractivity contribution is 0.0617. The van der Waals surface area contributed by atoms with Gasteiger partial charge in [0.2, 0.25) is 5.88 Å². The number of hydrogen-bond donors (Lipinski definition) is 0. The van der Waals surface area contributed by atoms with Crippen LogP contribution in [0.15, 0.2) is 48.8 Å². The molecule has 0 amide bonds. The van der Waals surface area contributed by atoms with E-state index in [1.165, 1.54) is 0 Å². The molecule has 0 spiro atoms. The van der Waals surface area contributed by atoms with Gasteiger partial charge in [-0.15, -0.1) is 10.2 Å². The molecule has 3 aromatic heterocycles. The van der Waals surface area contributed by atoms with Crippen LogP contribution in [0.3, 0.4) is 0 Å². The van der Waals surface area contributed by atoms with Crippen molar-refractivity contribution in [2.24, 2.45) is 17.8 Å².